The Labute approximate surface area is 77.0 Å². The number of nitrogens with zero attached hydrogens (tertiary/aromatic N) is 2. The molecule has 0 spiro atoms. The Morgan fingerprint density at radius 1 is 1.82 bits per heavy atom. The van der Waals surface area contributed by atoms with Crippen molar-refractivity contribution in [3.8, 4) is 0 Å². The van der Waals surface area contributed by atoms with Gasteiger partial charge < -0.3 is 0 Å². The van der Waals surface area contributed by atoms with Gasteiger partial charge in [-0.3, -0.25) is 5.01 Å². The molecule has 2 unspecified atom stereocenters. The van der Waals surface area contributed by atoms with E-state index in [0.29, 0.717) is 5.37 Å². The molecule has 1 heterocycles. The van der Waals surface area contributed by atoms with Crippen molar-refractivity contribution in [2.75, 3.05) is 7.05 Å². The monoisotopic (exact) mass is 192 g/mol. The van der Waals surface area contributed by atoms with Gasteiger partial charge in [-0.1, -0.05) is 11.8 Å². The summed E-state index contributed by atoms with van der Waals surface area (Å²) < 4.78 is 0. The minimum absolute atomic E-state index is 0.194. The summed E-state index contributed by atoms with van der Waals surface area (Å²) >= 11 is 7.63. The van der Waals surface area contributed by atoms with Crippen molar-refractivity contribution in [3.63, 3.8) is 0 Å². The van der Waals surface area contributed by atoms with Crippen LogP contribution in [-0.4, -0.2) is 27.9 Å². The third-order valence-corrected chi connectivity index (χ3v) is 2.88. The van der Waals surface area contributed by atoms with Crippen LogP contribution >= 0.6 is 23.4 Å². The number of halogens is 1. The molecule has 0 amide bonds. The van der Waals surface area contributed by atoms with Crippen LogP contribution in [0.4, 0.5) is 0 Å². The fraction of sp³-hybridized carbons (Fsp3) is 0.857. The molecule has 64 valence electrons. The zero-order valence-corrected chi connectivity index (χ0v) is 8.61. The van der Waals surface area contributed by atoms with E-state index in [-0.39, 0.29) is 5.38 Å². The molecule has 0 fully saturated rings. The second-order valence-corrected chi connectivity index (χ2v) is 4.90. The molecule has 11 heavy (non-hydrogen) atoms. The molecule has 2 nitrogen and oxygen atoms in total. The van der Waals surface area contributed by atoms with E-state index in [0.717, 1.165) is 11.5 Å². The standard InChI is InChI=1S/C7H13ClN2S/c1-5(8)4-7-9-10(3)6(2)11-7/h5-6H,4H2,1-3H3. The molecule has 0 bridgehead atoms. The molecule has 0 saturated heterocycles. The zero-order chi connectivity index (χ0) is 8.43. The Morgan fingerprint density at radius 2 is 2.45 bits per heavy atom. The summed E-state index contributed by atoms with van der Waals surface area (Å²) in [6.07, 6.45) is 0.890. The summed E-state index contributed by atoms with van der Waals surface area (Å²) in [6.45, 7) is 4.13. The highest BCUT2D eigenvalue weighted by Crippen LogP contribution is 2.26. The van der Waals surface area contributed by atoms with Crippen LogP contribution in [-0.2, 0) is 0 Å². The van der Waals surface area contributed by atoms with Crippen LogP contribution in [0.5, 0.6) is 0 Å². The lowest BCUT2D eigenvalue weighted by molar-refractivity contribution is 0.357. The van der Waals surface area contributed by atoms with Gasteiger partial charge in [0.15, 0.2) is 0 Å². The molecule has 2 atom stereocenters. The van der Waals surface area contributed by atoms with Crippen LogP contribution in [0.1, 0.15) is 20.3 Å². The van der Waals surface area contributed by atoms with Gasteiger partial charge in [0, 0.05) is 18.8 Å². The molecule has 1 rings (SSSR count). The average molecular weight is 193 g/mol. The Hall–Kier alpha value is 0.110. The summed E-state index contributed by atoms with van der Waals surface area (Å²) in [5, 5.41) is 8.13. The normalized spacial score (nSPS) is 27.1. The fourth-order valence-corrected chi connectivity index (χ4v) is 2.24. The topological polar surface area (TPSA) is 15.6 Å². The average Bonchev–Trinajstić information content (AvgIpc) is 2.10. The molecule has 0 aromatic carbocycles. The summed E-state index contributed by atoms with van der Waals surface area (Å²) in [7, 11) is 1.99. The maximum atomic E-state index is 5.84. The second kappa shape index (κ2) is 3.68. The van der Waals surface area contributed by atoms with Crippen LogP contribution in [0.25, 0.3) is 0 Å². The Morgan fingerprint density at radius 3 is 2.82 bits per heavy atom. The highest BCUT2D eigenvalue weighted by Gasteiger charge is 2.20. The molecule has 4 heteroatoms. The minimum Gasteiger partial charge on any atom is -0.286 e. The molecule has 1 aliphatic rings. The zero-order valence-electron chi connectivity index (χ0n) is 7.04. The molecule has 0 N–H and O–H groups in total. The fourth-order valence-electron chi connectivity index (χ4n) is 0.884. The quantitative estimate of drug-likeness (QED) is 0.625. The molecular weight excluding hydrogens is 180 g/mol. The molecular formula is C7H13ClN2S. The highest BCUT2D eigenvalue weighted by atomic mass is 35.5. The Bertz CT molecular complexity index is 170. The summed E-state index contributed by atoms with van der Waals surface area (Å²) in [5.74, 6) is 0. The molecule has 0 saturated carbocycles. The van der Waals surface area contributed by atoms with Crippen molar-refractivity contribution in [1.29, 1.82) is 0 Å². The number of hydrogen-bond donors (Lipinski definition) is 0. The van der Waals surface area contributed by atoms with Crippen molar-refractivity contribution in [3.05, 3.63) is 0 Å². The Balaban J connectivity index is 2.43. The van der Waals surface area contributed by atoms with Gasteiger partial charge in [0.1, 0.15) is 0 Å². The van der Waals surface area contributed by atoms with Gasteiger partial charge in [-0.15, -0.1) is 11.6 Å². The van der Waals surface area contributed by atoms with Crippen LogP contribution in [0, 0.1) is 0 Å². The molecule has 0 radical (unpaired) electrons. The second-order valence-electron chi connectivity index (χ2n) is 2.77. The van der Waals surface area contributed by atoms with E-state index in [2.05, 4.69) is 12.0 Å². The van der Waals surface area contributed by atoms with Gasteiger partial charge >= 0.3 is 0 Å². The smallest absolute Gasteiger partial charge is 0.0968 e. The van der Waals surface area contributed by atoms with Gasteiger partial charge in [0.25, 0.3) is 0 Å². The van der Waals surface area contributed by atoms with E-state index in [4.69, 9.17) is 11.6 Å². The van der Waals surface area contributed by atoms with E-state index >= 15 is 0 Å². The lowest BCUT2D eigenvalue weighted by Crippen LogP contribution is -2.14. The number of hydrogen-bond acceptors (Lipinski definition) is 3. The van der Waals surface area contributed by atoms with Gasteiger partial charge in [-0.2, -0.15) is 5.10 Å². The number of alkyl halides is 1. The lowest BCUT2D eigenvalue weighted by Gasteiger charge is -2.10. The number of rotatable bonds is 2. The lowest BCUT2D eigenvalue weighted by atomic mass is 10.3. The van der Waals surface area contributed by atoms with Gasteiger partial charge in [-0.25, -0.2) is 0 Å². The third-order valence-electron chi connectivity index (χ3n) is 1.56. The number of hydrazone groups is 1. The van der Waals surface area contributed by atoms with E-state index in [1.54, 1.807) is 11.8 Å². The van der Waals surface area contributed by atoms with E-state index in [1.807, 2.05) is 19.0 Å². The summed E-state index contributed by atoms with van der Waals surface area (Å²) in [6, 6.07) is 0. The Kier molecular flexibility index (Phi) is 3.07. The van der Waals surface area contributed by atoms with Crippen molar-refractivity contribution < 1.29 is 0 Å². The van der Waals surface area contributed by atoms with Gasteiger partial charge in [-0.05, 0) is 13.8 Å². The molecule has 0 aromatic heterocycles. The van der Waals surface area contributed by atoms with Crippen molar-refractivity contribution in [2.45, 2.75) is 31.0 Å². The van der Waals surface area contributed by atoms with Crippen molar-refractivity contribution in [2.24, 2.45) is 5.10 Å². The van der Waals surface area contributed by atoms with Crippen LogP contribution in [0.15, 0.2) is 5.10 Å². The first kappa shape index (κ1) is 9.20. The maximum absolute atomic E-state index is 5.84. The van der Waals surface area contributed by atoms with Crippen LogP contribution in [0.3, 0.4) is 0 Å². The minimum atomic E-state index is 0.194. The van der Waals surface area contributed by atoms with Crippen molar-refractivity contribution in [1.82, 2.24) is 5.01 Å². The highest BCUT2D eigenvalue weighted by molar-refractivity contribution is 8.14. The van der Waals surface area contributed by atoms with E-state index < -0.39 is 0 Å². The first-order valence-corrected chi connectivity index (χ1v) is 5.02. The largest absolute Gasteiger partial charge is 0.286 e. The first-order chi connectivity index (χ1) is 5.09. The van der Waals surface area contributed by atoms with Crippen LogP contribution in [0.2, 0.25) is 0 Å². The third kappa shape index (κ3) is 2.56. The SMILES string of the molecule is CC(Cl)CC1=NN(C)C(C)S1. The van der Waals surface area contributed by atoms with Crippen molar-refractivity contribution >= 4 is 28.4 Å². The predicted octanol–water partition coefficient (Wildman–Crippen LogP) is 2.34. The van der Waals surface area contributed by atoms with E-state index in [1.165, 1.54) is 0 Å². The molecule has 0 aromatic rings. The van der Waals surface area contributed by atoms with Gasteiger partial charge in [0.05, 0.1) is 10.4 Å². The van der Waals surface area contributed by atoms with Gasteiger partial charge in [0.2, 0.25) is 0 Å². The first-order valence-electron chi connectivity index (χ1n) is 3.70. The summed E-state index contributed by atoms with van der Waals surface area (Å²) in [5.41, 5.74) is 0. The predicted molar refractivity (Wildman–Crippen MR) is 52.2 cm³/mol. The number of thioether (sulfide) groups is 1. The molecule has 1 aliphatic heterocycles. The van der Waals surface area contributed by atoms with Crippen LogP contribution < -0.4 is 0 Å². The maximum Gasteiger partial charge on any atom is 0.0968 e. The summed E-state index contributed by atoms with van der Waals surface area (Å²) in [4.78, 5) is 0. The molecule has 0 aliphatic carbocycles. The van der Waals surface area contributed by atoms with E-state index in [9.17, 15) is 0 Å².